The molecule has 0 heterocycles. The van der Waals surface area contributed by atoms with Gasteiger partial charge in [0, 0.05) is 11.5 Å². The van der Waals surface area contributed by atoms with Gasteiger partial charge in [-0.05, 0) is 51.2 Å². The van der Waals surface area contributed by atoms with Gasteiger partial charge in [-0.25, -0.2) is 4.79 Å². The molecule has 0 bridgehead atoms. The Labute approximate surface area is 130 Å². The van der Waals surface area contributed by atoms with Crippen molar-refractivity contribution < 1.29 is 20.1 Å². The lowest BCUT2D eigenvalue weighted by atomic mass is 9.73. The molecule has 2 atom stereocenters. The normalized spacial score (nSPS) is 21.3. The minimum Gasteiger partial charge on any atom is -0.507 e. The molecule has 22 heavy (non-hydrogen) atoms. The molecule has 4 heteroatoms. The molecule has 0 aliphatic heterocycles. The molecule has 0 saturated carbocycles. The molecule has 1 aliphatic carbocycles. The number of aromatic carboxylic acids is 1. The summed E-state index contributed by atoms with van der Waals surface area (Å²) >= 11 is 0. The molecule has 0 radical (unpaired) electrons. The van der Waals surface area contributed by atoms with Crippen molar-refractivity contribution in [1.29, 1.82) is 0 Å². The fraction of sp³-hybridized carbons (Fsp3) is 0.389. The summed E-state index contributed by atoms with van der Waals surface area (Å²) in [5.41, 5.74) is 2.61. The van der Waals surface area contributed by atoms with E-state index in [9.17, 15) is 20.1 Å². The summed E-state index contributed by atoms with van der Waals surface area (Å²) < 4.78 is 0. The monoisotopic (exact) mass is 302 g/mol. The first kappa shape index (κ1) is 16.1. The Bertz CT molecular complexity index is 670. The van der Waals surface area contributed by atoms with Crippen LogP contribution in [-0.2, 0) is 0 Å². The van der Waals surface area contributed by atoms with E-state index in [1.807, 2.05) is 19.9 Å². The van der Waals surface area contributed by atoms with Crippen molar-refractivity contribution in [3.8, 4) is 11.5 Å². The van der Waals surface area contributed by atoms with Gasteiger partial charge in [0.15, 0.2) is 0 Å². The summed E-state index contributed by atoms with van der Waals surface area (Å²) in [6.45, 7) is 9.49. The molecule has 1 aromatic rings. The number of rotatable bonds is 3. The number of carboxylic acids is 1. The van der Waals surface area contributed by atoms with Gasteiger partial charge in [-0.3, -0.25) is 0 Å². The minimum atomic E-state index is -1.19. The van der Waals surface area contributed by atoms with Gasteiger partial charge in [-0.1, -0.05) is 23.8 Å². The van der Waals surface area contributed by atoms with Crippen LogP contribution in [0.4, 0.5) is 0 Å². The smallest absolute Gasteiger partial charge is 0.339 e. The lowest BCUT2D eigenvalue weighted by Gasteiger charge is -2.31. The average molecular weight is 302 g/mol. The van der Waals surface area contributed by atoms with E-state index in [1.54, 1.807) is 6.92 Å². The second kappa shape index (κ2) is 5.87. The van der Waals surface area contributed by atoms with Gasteiger partial charge in [0.25, 0.3) is 0 Å². The Balaban J connectivity index is 2.69. The maximum atomic E-state index is 11.4. The van der Waals surface area contributed by atoms with E-state index in [4.69, 9.17) is 0 Å². The van der Waals surface area contributed by atoms with E-state index in [0.29, 0.717) is 5.56 Å². The third-order valence-electron chi connectivity index (χ3n) is 4.44. The van der Waals surface area contributed by atoms with Crippen LogP contribution in [0.25, 0.3) is 0 Å². The van der Waals surface area contributed by atoms with E-state index < -0.39 is 5.97 Å². The molecule has 0 aromatic heterocycles. The molecule has 2 rings (SSSR count). The van der Waals surface area contributed by atoms with Crippen LogP contribution < -0.4 is 0 Å². The third-order valence-corrected chi connectivity index (χ3v) is 4.44. The Morgan fingerprint density at radius 3 is 2.50 bits per heavy atom. The predicted molar refractivity (Wildman–Crippen MR) is 85.5 cm³/mol. The minimum absolute atomic E-state index is 0.0674. The number of aromatic hydroxyl groups is 2. The molecule has 118 valence electrons. The molecule has 0 spiro atoms. The Kier molecular flexibility index (Phi) is 4.31. The van der Waals surface area contributed by atoms with Crippen molar-refractivity contribution in [2.45, 2.75) is 39.5 Å². The number of hydrogen-bond donors (Lipinski definition) is 3. The first-order chi connectivity index (χ1) is 10.2. The molecule has 0 saturated heterocycles. The van der Waals surface area contributed by atoms with Crippen molar-refractivity contribution in [1.82, 2.24) is 0 Å². The van der Waals surface area contributed by atoms with Crippen LogP contribution >= 0.6 is 0 Å². The highest BCUT2D eigenvalue weighted by atomic mass is 16.4. The number of aryl methyl sites for hydroxylation is 1. The summed E-state index contributed by atoms with van der Waals surface area (Å²) in [6, 6.07) is 1.41. The summed E-state index contributed by atoms with van der Waals surface area (Å²) in [5.74, 6) is -1.79. The van der Waals surface area contributed by atoms with Crippen LogP contribution in [0, 0.1) is 12.8 Å². The highest BCUT2D eigenvalue weighted by molar-refractivity contribution is 5.93. The molecule has 0 fully saturated rings. The van der Waals surface area contributed by atoms with E-state index in [1.165, 1.54) is 11.6 Å². The van der Waals surface area contributed by atoms with Crippen molar-refractivity contribution in [2.75, 3.05) is 0 Å². The summed E-state index contributed by atoms with van der Waals surface area (Å²) in [4.78, 5) is 11.4. The molecule has 1 aliphatic rings. The number of allylic oxidation sites excluding steroid dienone is 3. The van der Waals surface area contributed by atoms with Crippen molar-refractivity contribution >= 4 is 5.97 Å². The highest BCUT2D eigenvalue weighted by Gasteiger charge is 2.32. The molecule has 1 aromatic carbocycles. The van der Waals surface area contributed by atoms with E-state index in [2.05, 4.69) is 6.58 Å². The fourth-order valence-corrected chi connectivity index (χ4v) is 3.30. The zero-order valence-corrected chi connectivity index (χ0v) is 13.2. The van der Waals surface area contributed by atoms with Gasteiger partial charge in [0.1, 0.15) is 17.1 Å². The average Bonchev–Trinajstić information content (AvgIpc) is 2.36. The fourth-order valence-electron chi connectivity index (χ4n) is 3.30. The van der Waals surface area contributed by atoms with Gasteiger partial charge >= 0.3 is 5.97 Å². The first-order valence-electron chi connectivity index (χ1n) is 7.35. The molecular weight excluding hydrogens is 280 g/mol. The second-order valence-electron chi connectivity index (χ2n) is 6.19. The molecule has 0 amide bonds. The molecule has 4 nitrogen and oxygen atoms in total. The predicted octanol–water partition coefficient (Wildman–Crippen LogP) is 4.12. The highest BCUT2D eigenvalue weighted by Crippen LogP contribution is 2.47. The lowest BCUT2D eigenvalue weighted by molar-refractivity contribution is 0.0692. The lowest BCUT2D eigenvalue weighted by Crippen LogP contribution is -2.18. The Hall–Kier alpha value is -2.23. The Morgan fingerprint density at radius 2 is 1.95 bits per heavy atom. The maximum Gasteiger partial charge on any atom is 0.339 e. The number of carboxylic acid groups (broad SMARTS) is 1. The summed E-state index contributed by atoms with van der Waals surface area (Å²) in [7, 11) is 0. The quantitative estimate of drug-likeness (QED) is 0.734. The number of hydrogen-bond acceptors (Lipinski definition) is 3. The van der Waals surface area contributed by atoms with Crippen molar-refractivity contribution in [3.63, 3.8) is 0 Å². The van der Waals surface area contributed by atoms with Crippen molar-refractivity contribution in [2.24, 2.45) is 5.92 Å². The van der Waals surface area contributed by atoms with Gasteiger partial charge < -0.3 is 15.3 Å². The largest absolute Gasteiger partial charge is 0.507 e. The van der Waals surface area contributed by atoms with Gasteiger partial charge in [-0.15, -0.1) is 0 Å². The van der Waals surface area contributed by atoms with Gasteiger partial charge in [-0.2, -0.15) is 0 Å². The molecule has 3 N–H and O–H groups in total. The van der Waals surface area contributed by atoms with Crippen LogP contribution in [0.3, 0.4) is 0 Å². The second-order valence-corrected chi connectivity index (χ2v) is 6.19. The van der Waals surface area contributed by atoms with Gasteiger partial charge in [0.2, 0.25) is 0 Å². The zero-order valence-electron chi connectivity index (χ0n) is 13.2. The van der Waals surface area contributed by atoms with Crippen LogP contribution in [0.15, 0.2) is 29.9 Å². The Morgan fingerprint density at radius 1 is 1.32 bits per heavy atom. The number of benzene rings is 1. The topological polar surface area (TPSA) is 77.8 Å². The first-order valence-corrected chi connectivity index (χ1v) is 7.35. The number of phenols is 2. The summed E-state index contributed by atoms with van der Waals surface area (Å²) in [5, 5.41) is 30.1. The van der Waals surface area contributed by atoms with Crippen LogP contribution in [0.5, 0.6) is 11.5 Å². The number of carbonyl (C=O) groups is 1. The molecule has 1 unspecified atom stereocenters. The van der Waals surface area contributed by atoms with Crippen molar-refractivity contribution in [3.05, 3.63) is 46.6 Å². The van der Waals surface area contributed by atoms with E-state index >= 15 is 0 Å². The molecular formula is C18H22O4. The maximum absolute atomic E-state index is 11.4. The van der Waals surface area contributed by atoms with Crippen LogP contribution in [0.2, 0.25) is 0 Å². The standard InChI is InChI=1S/C18H22O4/c1-9(2)12-6-5-10(3)7-13(12)16-14(19)8-11(4)15(17(16)20)18(21)22/h7-8,12-13,19-20H,1,5-6H2,2-4H3,(H,21,22)/t12-,13?/m0/s1. The SMILES string of the molecule is C=C(C)[C@@H]1CCC(C)=CC1c1c(O)cc(C)c(C(=O)O)c1O. The van der Waals surface area contributed by atoms with E-state index in [0.717, 1.165) is 18.4 Å². The van der Waals surface area contributed by atoms with Gasteiger partial charge in [0.05, 0.1) is 0 Å². The third kappa shape index (κ3) is 2.73. The van der Waals surface area contributed by atoms with Crippen LogP contribution in [0.1, 0.15) is 54.1 Å². The van der Waals surface area contributed by atoms with Crippen LogP contribution in [-0.4, -0.2) is 21.3 Å². The van der Waals surface area contributed by atoms with E-state index in [-0.39, 0.29) is 34.5 Å². The summed E-state index contributed by atoms with van der Waals surface area (Å²) in [6.07, 6.45) is 3.81. The number of phenolic OH excluding ortho intramolecular Hbond substituents is 1. The zero-order chi connectivity index (χ0) is 16.6.